The second kappa shape index (κ2) is 10.5. The van der Waals surface area contributed by atoms with Gasteiger partial charge in [0.25, 0.3) is 0 Å². The van der Waals surface area contributed by atoms with Crippen LogP contribution >= 0.6 is 24.0 Å². The van der Waals surface area contributed by atoms with Crippen molar-refractivity contribution in [2.75, 3.05) is 26.7 Å². The molecule has 0 saturated carbocycles. The van der Waals surface area contributed by atoms with E-state index in [2.05, 4.69) is 44.6 Å². The minimum atomic E-state index is 0. The first-order valence-electron chi connectivity index (χ1n) is 8.90. The number of aromatic nitrogens is 1. The van der Waals surface area contributed by atoms with Crippen LogP contribution in [0.15, 0.2) is 46.1 Å². The molecule has 1 saturated heterocycles. The number of furan rings is 1. The molecule has 3 heterocycles. The fourth-order valence-corrected chi connectivity index (χ4v) is 3.23. The van der Waals surface area contributed by atoms with Gasteiger partial charge in [-0.2, -0.15) is 0 Å². The molecule has 1 aliphatic heterocycles. The van der Waals surface area contributed by atoms with Crippen molar-refractivity contribution in [2.45, 2.75) is 32.4 Å². The number of aryl methyl sites for hydroxylation is 1. The number of hydrogen-bond acceptors (Lipinski definition) is 4. The van der Waals surface area contributed by atoms with E-state index < -0.39 is 0 Å². The molecule has 1 fully saturated rings. The van der Waals surface area contributed by atoms with Gasteiger partial charge in [-0.3, -0.25) is 14.9 Å². The van der Waals surface area contributed by atoms with Gasteiger partial charge < -0.3 is 15.1 Å². The molecule has 0 aliphatic carbocycles. The molecular formula is C19H28IN5O. The third-order valence-corrected chi connectivity index (χ3v) is 4.68. The summed E-state index contributed by atoms with van der Waals surface area (Å²) in [6, 6.07) is 8.26. The van der Waals surface area contributed by atoms with E-state index in [0.29, 0.717) is 6.54 Å². The zero-order valence-electron chi connectivity index (χ0n) is 15.4. The maximum Gasteiger partial charge on any atom is 0.191 e. The van der Waals surface area contributed by atoms with Gasteiger partial charge in [-0.15, -0.1) is 24.0 Å². The van der Waals surface area contributed by atoms with E-state index in [0.717, 1.165) is 37.0 Å². The van der Waals surface area contributed by atoms with Crippen LogP contribution in [-0.4, -0.2) is 42.5 Å². The number of nitrogens with one attached hydrogen (secondary N) is 2. The molecule has 1 atom stereocenters. The monoisotopic (exact) mass is 469 g/mol. The van der Waals surface area contributed by atoms with Crippen molar-refractivity contribution >= 4 is 29.9 Å². The number of hydrogen-bond donors (Lipinski definition) is 2. The highest BCUT2D eigenvalue weighted by Gasteiger charge is 2.25. The molecule has 2 N–H and O–H groups in total. The minimum absolute atomic E-state index is 0. The largest absolute Gasteiger partial charge is 0.468 e. The summed E-state index contributed by atoms with van der Waals surface area (Å²) in [5.41, 5.74) is 2.21. The quantitative estimate of drug-likeness (QED) is 0.387. The van der Waals surface area contributed by atoms with E-state index >= 15 is 0 Å². The first kappa shape index (κ1) is 20.7. The van der Waals surface area contributed by atoms with Crippen molar-refractivity contribution in [3.63, 3.8) is 0 Å². The Balaban J connectivity index is 0.00000243. The number of aliphatic imine (C=N–C) groups is 1. The van der Waals surface area contributed by atoms with Gasteiger partial charge in [0.1, 0.15) is 5.76 Å². The van der Waals surface area contributed by atoms with Crippen LogP contribution in [0, 0.1) is 6.92 Å². The summed E-state index contributed by atoms with van der Waals surface area (Å²) in [5, 5.41) is 6.78. The normalized spacial score (nSPS) is 16.2. The standard InChI is InChI=1S/C19H27N5O.HI/c1-15-7-5-9-21-16(15)13-22-19(20-2)23-14-17(18-8-6-12-25-18)24-10-3-4-11-24;/h5-9,12,17H,3-4,10-11,13-14H2,1-2H3,(H2,20,22,23);1H. The zero-order chi connectivity index (χ0) is 17.5. The van der Waals surface area contributed by atoms with Crippen molar-refractivity contribution in [2.24, 2.45) is 4.99 Å². The summed E-state index contributed by atoms with van der Waals surface area (Å²) in [7, 11) is 1.79. The highest BCUT2D eigenvalue weighted by Crippen LogP contribution is 2.24. The maximum atomic E-state index is 5.67. The van der Waals surface area contributed by atoms with Crippen molar-refractivity contribution < 1.29 is 4.42 Å². The van der Waals surface area contributed by atoms with Gasteiger partial charge >= 0.3 is 0 Å². The molecule has 142 valence electrons. The van der Waals surface area contributed by atoms with Gasteiger partial charge in [-0.05, 0) is 56.6 Å². The molecule has 6 nitrogen and oxygen atoms in total. The van der Waals surface area contributed by atoms with Gasteiger partial charge in [0.2, 0.25) is 0 Å². The van der Waals surface area contributed by atoms with E-state index in [4.69, 9.17) is 4.42 Å². The van der Waals surface area contributed by atoms with Crippen molar-refractivity contribution in [1.82, 2.24) is 20.5 Å². The first-order chi connectivity index (χ1) is 12.3. The lowest BCUT2D eigenvalue weighted by atomic mass is 10.2. The van der Waals surface area contributed by atoms with Gasteiger partial charge in [0.05, 0.1) is 24.5 Å². The number of nitrogens with zero attached hydrogens (tertiary/aromatic N) is 3. The third-order valence-electron chi connectivity index (χ3n) is 4.68. The SMILES string of the molecule is CN=C(NCc1ncccc1C)NCC(c1ccco1)N1CCCC1.I. The number of likely N-dealkylation sites (tertiary alicyclic amines) is 1. The Morgan fingerprint density at radius 3 is 2.73 bits per heavy atom. The molecule has 26 heavy (non-hydrogen) atoms. The average Bonchev–Trinajstić information content (AvgIpc) is 3.33. The minimum Gasteiger partial charge on any atom is -0.468 e. The van der Waals surface area contributed by atoms with Gasteiger partial charge in [-0.25, -0.2) is 0 Å². The molecule has 3 rings (SSSR count). The topological polar surface area (TPSA) is 65.7 Å². The molecular weight excluding hydrogens is 441 g/mol. The van der Waals surface area contributed by atoms with Crippen LogP contribution in [0.25, 0.3) is 0 Å². The Labute approximate surface area is 172 Å². The molecule has 0 spiro atoms. The Morgan fingerprint density at radius 2 is 2.08 bits per heavy atom. The summed E-state index contributed by atoms with van der Waals surface area (Å²) in [6.45, 7) is 5.72. The van der Waals surface area contributed by atoms with E-state index in [9.17, 15) is 0 Å². The van der Waals surface area contributed by atoms with Crippen LogP contribution < -0.4 is 10.6 Å². The Morgan fingerprint density at radius 1 is 1.27 bits per heavy atom. The van der Waals surface area contributed by atoms with E-state index in [1.54, 1.807) is 13.3 Å². The van der Waals surface area contributed by atoms with Gasteiger partial charge in [0.15, 0.2) is 5.96 Å². The van der Waals surface area contributed by atoms with Crippen molar-refractivity contribution in [1.29, 1.82) is 0 Å². The van der Waals surface area contributed by atoms with Gasteiger partial charge in [-0.1, -0.05) is 6.07 Å². The van der Waals surface area contributed by atoms with E-state index in [1.165, 1.54) is 18.4 Å². The Bertz CT molecular complexity index is 683. The molecule has 0 bridgehead atoms. The number of rotatable bonds is 6. The Hall–Kier alpha value is -1.61. The first-order valence-corrected chi connectivity index (χ1v) is 8.90. The highest BCUT2D eigenvalue weighted by molar-refractivity contribution is 14.0. The predicted molar refractivity (Wildman–Crippen MR) is 115 cm³/mol. The van der Waals surface area contributed by atoms with Crippen LogP contribution in [0.3, 0.4) is 0 Å². The smallest absolute Gasteiger partial charge is 0.191 e. The molecule has 0 aromatic carbocycles. The van der Waals surface area contributed by atoms with Crippen molar-refractivity contribution in [3.05, 3.63) is 53.7 Å². The summed E-state index contributed by atoms with van der Waals surface area (Å²) in [4.78, 5) is 11.2. The summed E-state index contributed by atoms with van der Waals surface area (Å²) >= 11 is 0. The number of pyridine rings is 1. The van der Waals surface area contributed by atoms with Gasteiger partial charge in [0, 0.05) is 19.8 Å². The molecule has 0 radical (unpaired) electrons. The summed E-state index contributed by atoms with van der Waals surface area (Å²) in [5.74, 6) is 1.78. The summed E-state index contributed by atoms with van der Waals surface area (Å²) < 4.78 is 5.67. The second-order valence-electron chi connectivity index (χ2n) is 6.35. The molecule has 1 unspecified atom stereocenters. The lowest BCUT2D eigenvalue weighted by Gasteiger charge is -2.26. The number of guanidine groups is 1. The molecule has 0 amide bonds. The lowest BCUT2D eigenvalue weighted by Crippen LogP contribution is -2.42. The molecule has 1 aliphatic rings. The Kier molecular flexibility index (Phi) is 8.37. The highest BCUT2D eigenvalue weighted by atomic mass is 127. The molecule has 7 heteroatoms. The lowest BCUT2D eigenvalue weighted by molar-refractivity contribution is 0.215. The molecule has 2 aromatic rings. The average molecular weight is 469 g/mol. The van der Waals surface area contributed by atoms with Crippen LogP contribution in [0.5, 0.6) is 0 Å². The van der Waals surface area contributed by atoms with Crippen LogP contribution in [-0.2, 0) is 6.54 Å². The second-order valence-corrected chi connectivity index (χ2v) is 6.35. The molecule has 2 aromatic heterocycles. The van der Waals surface area contributed by atoms with Crippen LogP contribution in [0.1, 0.15) is 35.9 Å². The van der Waals surface area contributed by atoms with E-state index in [-0.39, 0.29) is 30.0 Å². The van der Waals surface area contributed by atoms with Crippen molar-refractivity contribution in [3.8, 4) is 0 Å². The third kappa shape index (κ3) is 5.44. The fourth-order valence-electron chi connectivity index (χ4n) is 3.23. The number of halogens is 1. The predicted octanol–water partition coefficient (Wildman–Crippen LogP) is 3.10. The zero-order valence-corrected chi connectivity index (χ0v) is 17.8. The van der Waals surface area contributed by atoms with Crippen LogP contribution in [0.2, 0.25) is 0 Å². The van der Waals surface area contributed by atoms with E-state index in [1.807, 2.05) is 18.3 Å². The fraction of sp³-hybridized carbons (Fsp3) is 0.474. The summed E-state index contributed by atoms with van der Waals surface area (Å²) in [6.07, 6.45) is 6.07. The van der Waals surface area contributed by atoms with Crippen LogP contribution in [0.4, 0.5) is 0 Å². The maximum absolute atomic E-state index is 5.67.